The summed E-state index contributed by atoms with van der Waals surface area (Å²) < 4.78 is 9.73. The van der Waals surface area contributed by atoms with E-state index in [4.69, 9.17) is 19.7 Å². The van der Waals surface area contributed by atoms with Crippen molar-refractivity contribution in [1.82, 2.24) is 25.3 Å². The molecule has 9 nitrogen and oxygen atoms in total. The summed E-state index contributed by atoms with van der Waals surface area (Å²) in [5.74, 6) is 1.85. The lowest BCUT2D eigenvalue weighted by molar-refractivity contribution is 0.112. The molecule has 2 aromatic carbocycles. The lowest BCUT2D eigenvalue weighted by Crippen LogP contribution is -2.38. The molecule has 2 aromatic heterocycles. The maximum atomic E-state index is 11.3. The molecule has 5 rings (SSSR count). The highest BCUT2D eigenvalue weighted by molar-refractivity contribution is 8.00. The molecule has 0 saturated heterocycles. The Morgan fingerprint density at radius 3 is 2.51 bits per heavy atom. The van der Waals surface area contributed by atoms with Gasteiger partial charge in [-0.1, -0.05) is 51.1 Å². The van der Waals surface area contributed by atoms with E-state index in [1.165, 1.54) is 31.2 Å². The maximum Gasteiger partial charge on any atom is 0.237 e. The normalized spacial score (nSPS) is 13.9. The van der Waals surface area contributed by atoms with Crippen molar-refractivity contribution >= 4 is 30.0 Å². The number of carbonyl (C=O) groups excluding carboxylic acids is 1. The van der Waals surface area contributed by atoms with Crippen molar-refractivity contribution in [3.63, 3.8) is 0 Å². The van der Waals surface area contributed by atoms with Gasteiger partial charge in [0.2, 0.25) is 11.8 Å². The molecule has 0 aliphatic heterocycles. The average molecular weight is 654 g/mol. The van der Waals surface area contributed by atoms with Crippen molar-refractivity contribution in [2.45, 2.75) is 90.2 Å². The topological polar surface area (TPSA) is 105 Å². The SMILES string of the molecule is Cc1cccc(C)c1-c1cc(OCC(CCC(C)(C)C)NCc2cncc(N(C)C3CCC3)n2)nc(NSc2cccc(C=O)c2)n1. The molecule has 0 radical (unpaired) electrons. The van der Waals surface area contributed by atoms with Crippen molar-refractivity contribution in [1.29, 1.82) is 0 Å². The quantitative estimate of drug-likeness (QED) is 0.0974. The second-order valence-electron chi connectivity index (χ2n) is 13.6. The molecule has 10 heteroatoms. The van der Waals surface area contributed by atoms with E-state index in [1.54, 1.807) is 6.07 Å². The number of aldehydes is 1. The summed E-state index contributed by atoms with van der Waals surface area (Å²) in [5, 5.41) is 3.70. The largest absolute Gasteiger partial charge is 0.476 e. The van der Waals surface area contributed by atoms with Crippen molar-refractivity contribution in [2.24, 2.45) is 5.41 Å². The number of ether oxygens (including phenoxy) is 1. The highest BCUT2D eigenvalue weighted by Gasteiger charge is 2.24. The molecule has 1 atom stereocenters. The molecule has 1 saturated carbocycles. The van der Waals surface area contributed by atoms with Crippen molar-refractivity contribution in [3.8, 4) is 17.1 Å². The van der Waals surface area contributed by atoms with Gasteiger partial charge in [-0.2, -0.15) is 4.98 Å². The molecule has 1 unspecified atom stereocenters. The van der Waals surface area contributed by atoms with Gasteiger partial charge < -0.3 is 15.0 Å². The van der Waals surface area contributed by atoms with Gasteiger partial charge in [-0.3, -0.25) is 14.5 Å². The number of aryl methyl sites for hydroxylation is 2. The standard InChI is InChI=1S/C37H47N7O2S/c1-25-10-7-11-26(2)35(25)32-19-34(42-36(41-32)43-47-31-15-8-12-27(18-31)23-45)46-24-28(16-17-37(3,4)5)39-21-29-20-38-22-33(40-29)44(6)30-13-9-14-30/h7-8,10-12,15,18-20,22-23,28,30,39H,9,13-14,16-17,21,24H2,1-6H3,(H,41,42,43). The second kappa shape index (κ2) is 15.7. The highest BCUT2D eigenvalue weighted by Crippen LogP contribution is 2.31. The fraction of sp³-hybridized carbons (Fsp3) is 0.432. The number of rotatable bonds is 15. The minimum Gasteiger partial charge on any atom is -0.476 e. The molecule has 2 heterocycles. The molecule has 0 amide bonds. The van der Waals surface area contributed by atoms with Crippen LogP contribution in [-0.4, -0.2) is 52.0 Å². The van der Waals surface area contributed by atoms with E-state index < -0.39 is 0 Å². The first kappa shape index (κ1) is 34.3. The van der Waals surface area contributed by atoms with Crippen LogP contribution in [0.3, 0.4) is 0 Å². The van der Waals surface area contributed by atoms with E-state index in [0.717, 1.165) is 57.9 Å². The number of hydrogen-bond acceptors (Lipinski definition) is 10. The summed E-state index contributed by atoms with van der Waals surface area (Å²) in [4.78, 5) is 33.5. The number of aromatic nitrogens is 4. The van der Waals surface area contributed by atoms with E-state index in [0.29, 0.717) is 36.6 Å². The molecule has 2 N–H and O–H groups in total. The Balaban J connectivity index is 1.34. The number of hydrogen-bond donors (Lipinski definition) is 2. The van der Waals surface area contributed by atoms with Crippen LogP contribution in [0.15, 0.2) is 65.8 Å². The lowest BCUT2D eigenvalue weighted by Gasteiger charge is -2.35. The first-order chi connectivity index (χ1) is 22.6. The number of nitrogens with one attached hydrogen (secondary N) is 2. The Kier molecular flexibility index (Phi) is 11.5. The van der Waals surface area contributed by atoms with Crippen LogP contribution in [0.2, 0.25) is 0 Å². The van der Waals surface area contributed by atoms with E-state index in [1.807, 2.05) is 36.7 Å². The first-order valence-corrected chi connectivity index (χ1v) is 17.2. The molecule has 248 valence electrons. The molecular weight excluding hydrogens is 607 g/mol. The van der Waals surface area contributed by atoms with Crippen molar-refractivity contribution in [3.05, 3.63) is 83.3 Å². The Bertz CT molecular complexity index is 1630. The Hall–Kier alpha value is -4.02. The van der Waals surface area contributed by atoms with Crippen molar-refractivity contribution < 1.29 is 9.53 Å². The zero-order chi connectivity index (χ0) is 33.4. The van der Waals surface area contributed by atoms with Gasteiger partial charge in [-0.15, -0.1) is 0 Å². The van der Waals surface area contributed by atoms with Gasteiger partial charge in [0.05, 0.1) is 17.6 Å². The smallest absolute Gasteiger partial charge is 0.237 e. The van der Waals surface area contributed by atoms with Crippen LogP contribution < -0.4 is 19.7 Å². The van der Waals surface area contributed by atoms with Crippen LogP contribution in [0.4, 0.5) is 11.8 Å². The van der Waals surface area contributed by atoms with Gasteiger partial charge in [-0.25, -0.2) is 9.97 Å². The van der Waals surface area contributed by atoms with Gasteiger partial charge >= 0.3 is 0 Å². The summed E-state index contributed by atoms with van der Waals surface area (Å²) in [6, 6.07) is 16.2. The second-order valence-corrected chi connectivity index (χ2v) is 14.5. The van der Waals surface area contributed by atoms with Gasteiger partial charge in [0, 0.05) is 54.0 Å². The molecule has 47 heavy (non-hydrogen) atoms. The molecule has 1 fully saturated rings. The minimum absolute atomic E-state index is 0.0690. The van der Waals surface area contributed by atoms with Gasteiger partial charge in [0.15, 0.2) is 0 Å². The molecule has 4 aromatic rings. The third-order valence-electron chi connectivity index (χ3n) is 8.60. The third-order valence-corrected chi connectivity index (χ3v) is 9.37. The van der Waals surface area contributed by atoms with Crippen LogP contribution in [0.1, 0.15) is 80.1 Å². The fourth-order valence-corrected chi connectivity index (χ4v) is 6.19. The predicted octanol–water partition coefficient (Wildman–Crippen LogP) is 7.83. The summed E-state index contributed by atoms with van der Waals surface area (Å²) in [6.45, 7) is 12.0. The van der Waals surface area contributed by atoms with E-state index in [9.17, 15) is 4.79 Å². The van der Waals surface area contributed by atoms with Gasteiger partial charge in [0.1, 0.15) is 18.7 Å². The number of benzene rings is 2. The summed E-state index contributed by atoms with van der Waals surface area (Å²) in [7, 11) is 2.11. The van der Waals surface area contributed by atoms with Crippen LogP contribution >= 0.6 is 11.9 Å². The molecule has 0 spiro atoms. The minimum atomic E-state index is 0.0690. The van der Waals surface area contributed by atoms with Gasteiger partial charge in [0.25, 0.3) is 0 Å². The summed E-state index contributed by atoms with van der Waals surface area (Å²) >= 11 is 1.36. The zero-order valence-corrected chi connectivity index (χ0v) is 29.2. The van der Waals surface area contributed by atoms with Crippen molar-refractivity contribution in [2.75, 3.05) is 23.3 Å². The maximum absolute atomic E-state index is 11.3. The fourth-order valence-electron chi connectivity index (χ4n) is 5.54. The third kappa shape index (κ3) is 9.74. The van der Waals surface area contributed by atoms with Crippen LogP contribution in [0, 0.1) is 19.3 Å². The van der Waals surface area contributed by atoms with Crippen LogP contribution in [-0.2, 0) is 6.54 Å². The molecule has 1 aliphatic carbocycles. The monoisotopic (exact) mass is 653 g/mol. The van der Waals surface area contributed by atoms with E-state index in [-0.39, 0.29) is 11.5 Å². The molecular formula is C37H47N7O2S. The summed E-state index contributed by atoms with van der Waals surface area (Å²) in [6.07, 6.45) is 10.2. The van der Waals surface area contributed by atoms with E-state index >= 15 is 0 Å². The Morgan fingerprint density at radius 1 is 1.04 bits per heavy atom. The van der Waals surface area contributed by atoms with Crippen LogP contribution in [0.5, 0.6) is 5.88 Å². The van der Waals surface area contributed by atoms with E-state index in [2.05, 4.69) is 79.8 Å². The summed E-state index contributed by atoms with van der Waals surface area (Å²) in [5.41, 5.74) is 5.82. The number of carbonyl (C=O) groups is 1. The Labute approximate surface area is 283 Å². The number of nitrogens with zero attached hydrogens (tertiary/aromatic N) is 5. The average Bonchev–Trinajstić information content (AvgIpc) is 3.02. The Morgan fingerprint density at radius 2 is 1.81 bits per heavy atom. The zero-order valence-electron chi connectivity index (χ0n) is 28.4. The predicted molar refractivity (Wildman–Crippen MR) is 191 cm³/mol. The highest BCUT2D eigenvalue weighted by atomic mass is 32.2. The lowest BCUT2D eigenvalue weighted by atomic mass is 9.89. The molecule has 1 aliphatic rings. The first-order valence-electron chi connectivity index (χ1n) is 16.4. The van der Waals surface area contributed by atoms with Crippen LogP contribution in [0.25, 0.3) is 11.3 Å². The number of anilines is 2. The molecule has 0 bridgehead atoms. The van der Waals surface area contributed by atoms with Gasteiger partial charge in [-0.05, 0) is 86.6 Å².